The summed E-state index contributed by atoms with van der Waals surface area (Å²) in [6, 6.07) is 4.53. The highest BCUT2D eigenvalue weighted by molar-refractivity contribution is 6.30. The van der Waals surface area contributed by atoms with Gasteiger partial charge < -0.3 is 10.4 Å². The molecule has 5 heteroatoms. The van der Waals surface area contributed by atoms with Crippen LogP contribution < -0.4 is 5.32 Å². The highest BCUT2D eigenvalue weighted by Crippen LogP contribution is 2.19. The topological polar surface area (TPSA) is 49.3 Å². The van der Waals surface area contributed by atoms with Crippen LogP contribution in [0.5, 0.6) is 0 Å². The van der Waals surface area contributed by atoms with Gasteiger partial charge in [0.05, 0.1) is 10.4 Å². The second kappa shape index (κ2) is 6.16. The quantitative estimate of drug-likeness (QED) is 0.783. The summed E-state index contributed by atoms with van der Waals surface area (Å²) < 4.78 is 12.9. The van der Waals surface area contributed by atoms with Crippen molar-refractivity contribution in [2.75, 3.05) is 6.54 Å². The van der Waals surface area contributed by atoms with Crippen molar-refractivity contribution in [3.05, 3.63) is 34.6 Å². The summed E-state index contributed by atoms with van der Waals surface area (Å²) in [5, 5.41) is 12.1. The molecule has 0 unspecified atom stereocenters. The van der Waals surface area contributed by atoms with Crippen LogP contribution in [-0.2, 0) is 11.3 Å². The van der Waals surface area contributed by atoms with Gasteiger partial charge in [-0.25, -0.2) is 4.39 Å². The van der Waals surface area contributed by atoms with Crippen LogP contribution >= 0.6 is 11.6 Å². The van der Waals surface area contributed by atoms with Crippen LogP contribution in [0.3, 0.4) is 0 Å². The van der Waals surface area contributed by atoms with Crippen LogP contribution in [0, 0.1) is 11.2 Å². The van der Waals surface area contributed by atoms with Crippen LogP contribution in [0.25, 0.3) is 0 Å². The van der Waals surface area contributed by atoms with Gasteiger partial charge in [-0.3, -0.25) is 4.79 Å². The predicted octanol–water partition coefficient (Wildman–Crippen LogP) is 3.07. The molecule has 0 atom stereocenters. The van der Waals surface area contributed by atoms with E-state index < -0.39 is 17.2 Å². The highest BCUT2D eigenvalue weighted by Gasteiger charge is 2.25. The SMILES string of the molecule is CC(C)(CCNCc1ccc(F)c(Cl)c1)C(=O)O. The molecule has 1 rings (SSSR count). The number of nitrogens with one attached hydrogen (secondary N) is 1. The molecular formula is C13H17ClFNO2. The summed E-state index contributed by atoms with van der Waals surface area (Å²) in [5.41, 5.74) is 0.127. The lowest BCUT2D eigenvalue weighted by Crippen LogP contribution is -2.28. The molecule has 0 radical (unpaired) electrons. The van der Waals surface area contributed by atoms with E-state index in [1.54, 1.807) is 26.0 Å². The first kappa shape index (κ1) is 14.9. The van der Waals surface area contributed by atoms with E-state index in [9.17, 15) is 9.18 Å². The third kappa shape index (κ3) is 4.27. The molecule has 1 aromatic carbocycles. The molecule has 0 fully saturated rings. The fourth-order valence-electron chi connectivity index (χ4n) is 1.39. The number of carbonyl (C=O) groups is 1. The number of hydrogen-bond acceptors (Lipinski definition) is 2. The predicted molar refractivity (Wildman–Crippen MR) is 69.2 cm³/mol. The maximum Gasteiger partial charge on any atom is 0.309 e. The normalized spacial score (nSPS) is 11.6. The van der Waals surface area contributed by atoms with Crippen LogP contribution in [0.1, 0.15) is 25.8 Å². The minimum atomic E-state index is -0.811. The number of hydrogen-bond donors (Lipinski definition) is 2. The Morgan fingerprint density at radius 3 is 2.72 bits per heavy atom. The molecule has 0 saturated carbocycles. The maximum absolute atomic E-state index is 12.9. The second-order valence-corrected chi connectivity index (χ2v) is 5.27. The number of carboxylic acid groups (broad SMARTS) is 1. The average Bonchev–Trinajstić information content (AvgIpc) is 2.29. The summed E-state index contributed by atoms with van der Waals surface area (Å²) in [6.45, 7) is 4.49. The molecular weight excluding hydrogens is 257 g/mol. The van der Waals surface area contributed by atoms with Crippen LogP contribution in [0.2, 0.25) is 5.02 Å². The molecule has 0 bridgehead atoms. The van der Waals surface area contributed by atoms with E-state index in [1.807, 2.05) is 0 Å². The van der Waals surface area contributed by atoms with Gasteiger partial charge in [-0.05, 0) is 44.5 Å². The molecule has 0 amide bonds. The van der Waals surface area contributed by atoms with Gasteiger partial charge in [0, 0.05) is 6.54 Å². The third-order valence-corrected chi connectivity index (χ3v) is 3.11. The van der Waals surface area contributed by atoms with E-state index in [-0.39, 0.29) is 5.02 Å². The van der Waals surface area contributed by atoms with E-state index in [0.717, 1.165) is 5.56 Å². The van der Waals surface area contributed by atoms with E-state index in [4.69, 9.17) is 16.7 Å². The largest absolute Gasteiger partial charge is 0.481 e. The maximum atomic E-state index is 12.9. The van der Waals surface area contributed by atoms with Crippen molar-refractivity contribution in [3.8, 4) is 0 Å². The van der Waals surface area contributed by atoms with Gasteiger partial charge in [0.15, 0.2) is 0 Å². The Hall–Kier alpha value is -1.13. The number of rotatable bonds is 6. The zero-order valence-electron chi connectivity index (χ0n) is 10.5. The first-order valence-electron chi connectivity index (χ1n) is 5.71. The van der Waals surface area contributed by atoms with Gasteiger partial charge in [-0.1, -0.05) is 17.7 Å². The molecule has 100 valence electrons. The van der Waals surface area contributed by atoms with Crippen molar-refractivity contribution in [1.29, 1.82) is 0 Å². The Morgan fingerprint density at radius 2 is 2.17 bits per heavy atom. The molecule has 0 aromatic heterocycles. The lowest BCUT2D eigenvalue weighted by molar-refractivity contribution is -0.147. The van der Waals surface area contributed by atoms with Crippen molar-refractivity contribution >= 4 is 17.6 Å². The lowest BCUT2D eigenvalue weighted by Gasteiger charge is -2.18. The Balaban J connectivity index is 2.38. The van der Waals surface area contributed by atoms with E-state index in [1.165, 1.54) is 6.07 Å². The molecule has 0 aliphatic carbocycles. The highest BCUT2D eigenvalue weighted by atomic mass is 35.5. The Labute approximate surface area is 111 Å². The molecule has 1 aromatic rings. The molecule has 0 aliphatic rings. The first-order valence-corrected chi connectivity index (χ1v) is 6.09. The van der Waals surface area contributed by atoms with Gasteiger partial charge in [0.25, 0.3) is 0 Å². The molecule has 0 aliphatic heterocycles. The Bertz CT molecular complexity index is 435. The van der Waals surface area contributed by atoms with Crippen molar-refractivity contribution < 1.29 is 14.3 Å². The fraction of sp³-hybridized carbons (Fsp3) is 0.462. The standard InChI is InChI=1S/C13H17ClFNO2/c1-13(2,12(17)18)5-6-16-8-9-3-4-11(15)10(14)7-9/h3-4,7,16H,5-6,8H2,1-2H3,(H,17,18). The monoisotopic (exact) mass is 273 g/mol. The van der Waals surface area contributed by atoms with Gasteiger partial charge >= 0.3 is 5.97 Å². The number of benzene rings is 1. The smallest absolute Gasteiger partial charge is 0.309 e. The first-order chi connectivity index (χ1) is 8.33. The Kier molecular flexibility index (Phi) is 5.11. The van der Waals surface area contributed by atoms with Crippen molar-refractivity contribution in [1.82, 2.24) is 5.32 Å². The van der Waals surface area contributed by atoms with Gasteiger partial charge in [-0.2, -0.15) is 0 Å². The number of aliphatic carboxylic acids is 1. The van der Waals surface area contributed by atoms with Gasteiger partial charge in [0.2, 0.25) is 0 Å². The average molecular weight is 274 g/mol. The van der Waals surface area contributed by atoms with Crippen LogP contribution in [0.4, 0.5) is 4.39 Å². The lowest BCUT2D eigenvalue weighted by atomic mass is 9.90. The number of halogens is 2. The van der Waals surface area contributed by atoms with E-state index >= 15 is 0 Å². The minimum absolute atomic E-state index is 0.0974. The summed E-state index contributed by atoms with van der Waals surface area (Å²) >= 11 is 5.66. The van der Waals surface area contributed by atoms with Crippen molar-refractivity contribution in [2.24, 2.45) is 5.41 Å². The van der Waals surface area contributed by atoms with E-state index in [2.05, 4.69) is 5.32 Å². The number of carboxylic acids is 1. The van der Waals surface area contributed by atoms with Crippen LogP contribution in [-0.4, -0.2) is 17.6 Å². The van der Waals surface area contributed by atoms with E-state index in [0.29, 0.717) is 19.5 Å². The molecule has 0 spiro atoms. The second-order valence-electron chi connectivity index (χ2n) is 4.86. The molecule has 2 N–H and O–H groups in total. The van der Waals surface area contributed by atoms with Crippen molar-refractivity contribution in [3.63, 3.8) is 0 Å². The summed E-state index contributed by atoms with van der Waals surface area (Å²) in [5.74, 6) is -1.25. The molecule has 0 saturated heterocycles. The van der Waals surface area contributed by atoms with Gasteiger partial charge in [0.1, 0.15) is 5.82 Å². The minimum Gasteiger partial charge on any atom is -0.481 e. The van der Waals surface area contributed by atoms with Crippen molar-refractivity contribution in [2.45, 2.75) is 26.8 Å². The third-order valence-electron chi connectivity index (χ3n) is 2.82. The summed E-state index contributed by atoms with van der Waals surface area (Å²) in [6.07, 6.45) is 0.525. The zero-order valence-corrected chi connectivity index (χ0v) is 11.2. The Morgan fingerprint density at radius 1 is 1.50 bits per heavy atom. The van der Waals surface area contributed by atoms with Gasteiger partial charge in [-0.15, -0.1) is 0 Å². The molecule has 3 nitrogen and oxygen atoms in total. The summed E-state index contributed by atoms with van der Waals surface area (Å²) in [4.78, 5) is 10.9. The fourth-order valence-corrected chi connectivity index (χ4v) is 1.59. The zero-order chi connectivity index (χ0) is 13.8. The molecule has 0 heterocycles. The molecule has 18 heavy (non-hydrogen) atoms. The van der Waals surface area contributed by atoms with Crippen LogP contribution in [0.15, 0.2) is 18.2 Å². The summed E-state index contributed by atoms with van der Waals surface area (Å²) in [7, 11) is 0.